The van der Waals surface area contributed by atoms with Gasteiger partial charge in [-0.2, -0.15) is 0 Å². The Morgan fingerprint density at radius 1 is 1.00 bits per heavy atom. The van der Waals surface area contributed by atoms with Crippen LogP contribution in [-0.4, -0.2) is 24.1 Å². The molecule has 0 amide bonds. The highest BCUT2D eigenvalue weighted by Crippen LogP contribution is 2.33. The monoisotopic (exact) mass is 388 g/mol. The lowest BCUT2D eigenvalue weighted by atomic mass is 10.1. The molecule has 26 heavy (non-hydrogen) atoms. The molecule has 0 aliphatic rings. The number of halogens is 2. The number of hydrogen-bond donors (Lipinski definition) is 0. The fourth-order valence-electron chi connectivity index (χ4n) is 2.43. The zero-order chi connectivity index (χ0) is 18.5. The van der Waals surface area contributed by atoms with Gasteiger partial charge in [-0.1, -0.05) is 35.9 Å². The molecule has 132 valence electrons. The lowest BCUT2D eigenvalue weighted by Gasteiger charge is -2.08. The fourth-order valence-corrected chi connectivity index (χ4v) is 3.67. The molecular weight excluding hydrogens is 375 g/mol. The first-order chi connectivity index (χ1) is 12.5. The minimum Gasteiger partial charge on any atom is -0.457 e. The Kier molecular flexibility index (Phi) is 5.91. The summed E-state index contributed by atoms with van der Waals surface area (Å²) in [7, 11) is 0. The summed E-state index contributed by atoms with van der Waals surface area (Å²) in [6, 6.07) is 16.4. The van der Waals surface area contributed by atoms with Gasteiger partial charge in [0, 0.05) is 20.9 Å². The predicted octanol–water partition coefficient (Wildman–Crippen LogP) is 5.15. The Morgan fingerprint density at radius 3 is 2.42 bits per heavy atom. The van der Waals surface area contributed by atoms with Gasteiger partial charge in [-0.15, -0.1) is 11.8 Å². The van der Waals surface area contributed by atoms with Crippen LogP contribution in [0.25, 0.3) is 10.8 Å². The second kappa shape index (κ2) is 8.34. The summed E-state index contributed by atoms with van der Waals surface area (Å²) in [5, 5.41) is 2.49. The Bertz CT molecular complexity index is 952. The van der Waals surface area contributed by atoms with Crippen LogP contribution in [0.1, 0.15) is 10.4 Å². The topological polar surface area (TPSA) is 43.4 Å². The highest BCUT2D eigenvalue weighted by molar-refractivity contribution is 8.00. The Balaban J connectivity index is 1.58. The van der Waals surface area contributed by atoms with Gasteiger partial charge < -0.3 is 4.74 Å². The molecule has 6 heteroatoms. The van der Waals surface area contributed by atoms with Gasteiger partial charge in [0.25, 0.3) is 0 Å². The van der Waals surface area contributed by atoms with E-state index in [0.717, 1.165) is 15.7 Å². The molecule has 0 spiro atoms. The minimum absolute atomic E-state index is 0.0566. The summed E-state index contributed by atoms with van der Waals surface area (Å²) in [5.41, 5.74) is 0.299. The molecule has 0 aromatic heterocycles. The van der Waals surface area contributed by atoms with Crippen molar-refractivity contribution in [2.24, 2.45) is 0 Å². The summed E-state index contributed by atoms with van der Waals surface area (Å²) in [5.74, 6) is -1.25. The molecule has 0 fully saturated rings. The molecular formula is C20H14ClFO3S. The van der Waals surface area contributed by atoms with Gasteiger partial charge in [-0.05, 0) is 41.8 Å². The first kappa shape index (κ1) is 18.4. The molecule has 0 saturated heterocycles. The molecule has 0 heterocycles. The number of esters is 1. The van der Waals surface area contributed by atoms with Crippen molar-refractivity contribution < 1.29 is 18.7 Å². The Labute approximate surface area is 159 Å². The molecule has 3 aromatic rings. The second-order valence-electron chi connectivity index (χ2n) is 5.47. The minimum atomic E-state index is -0.505. The van der Waals surface area contributed by atoms with Crippen LogP contribution >= 0.6 is 23.4 Å². The average Bonchev–Trinajstić information content (AvgIpc) is 2.65. The smallest absolute Gasteiger partial charge is 0.316 e. The van der Waals surface area contributed by atoms with Crippen molar-refractivity contribution in [3.8, 4) is 0 Å². The molecule has 0 aliphatic heterocycles. The van der Waals surface area contributed by atoms with E-state index in [-0.39, 0.29) is 18.1 Å². The second-order valence-corrected chi connectivity index (χ2v) is 6.90. The molecule has 3 aromatic carbocycles. The highest BCUT2D eigenvalue weighted by Gasteiger charge is 2.12. The maximum Gasteiger partial charge on any atom is 0.316 e. The number of fused-ring (bicyclic) bond motifs is 1. The molecule has 3 nitrogen and oxygen atoms in total. The van der Waals surface area contributed by atoms with Crippen molar-refractivity contribution in [2.75, 3.05) is 12.4 Å². The largest absolute Gasteiger partial charge is 0.457 e. The van der Waals surface area contributed by atoms with Crippen LogP contribution in [0.4, 0.5) is 4.39 Å². The number of benzene rings is 3. The first-order valence-corrected chi connectivity index (χ1v) is 9.15. The van der Waals surface area contributed by atoms with Crippen molar-refractivity contribution in [1.82, 2.24) is 0 Å². The quantitative estimate of drug-likeness (QED) is 0.333. The fraction of sp³-hybridized carbons (Fsp3) is 0.100. The summed E-state index contributed by atoms with van der Waals surface area (Å²) < 4.78 is 17.9. The van der Waals surface area contributed by atoms with E-state index in [1.807, 2.05) is 30.3 Å². The van der Waals surface area contributed by atoms with E-state index in [2.05, 4.69) is 0 Å². The number of thioether (sulfide) groups is 1. The SMILES string of the molecule is O=C(CSc1cccc2cccc(Cl)c12)OCC(=O)c1ccc(F)cc1. The van der Waals surface area contributed by atoms with Gasteiger partial charge in [0.15, 0.2) is 12.4 Å². The van der Waals surface area contributed by atoms with Gasteiger partial charge in [0.1, 0.15) is 5.82 Å². The van der Waals surface area contributed by atoms with Crippen molar-refractivity contribution in [3.05, 3.63) is 77.1 Å². The van der Waals surface area contributed by atoms with Crippen LogP contribution in [0.15, 0.2) is 65.6 Å². The highest BCUT2D eigenvalue weighted by atomic mass is 35.5. The van der Waals surface area contributed by atoms with E-state index in [0.29, 0.717) is 10.6 Å². The van der Waals surface area contributed by atoms with Crippen LogP contribution in [0.3, 0.4) is 0 Å². The molecule has 0 unspecified atom stereocenters. The number of rotatable bonds is 6. The zero-order valence-electron chi connectivity index (χ0n) is 13.6. The maximum atomic E-state index is 12.9. The molecule has 0 aliphatic carbocycles. The molecule has 3 rings (SSSR count). The Morgan fingerprint density at radius 2 is 1.69 bits per heavy atom. The van der Waals surface area contributed by atoms with Gasteiger partial charge in [0.2, 0.25) is 0 Å². The van der Waals surface area contributed by atoms with Gasteiger partial charge in [-0.3, -0.25) is 9.59 Å². The first-order valence-electron chi connectivity index (χ1n) is 7.79. The van der Waals surface area contributed by atoms with Crippen molar-refractivity contribution in [1.29, 1.82) is 0 Å². The molecule has 0 bridgehead atoms. The van der Waals surface area contributed by atoms with Gasteiger partial charge >= 0.3 is 5.97 Å². The standard InChI is InChI=1S/C20H14ClFO3S/c21-16-5-1-3-14-4-2-6-18(20(14)16)26-12-19(24)25-11-17(23)13-7-9-15(22)10-8-13/h1-10H,11-12H2. The number of ether oxygens (including phenoxy) is 1. The van der Waals surface area contributed by atoms with Crippen LogP contribution in [0, 0.1) is 5.82 Å². The number of hydrogen-bond acceptors (Lipinski definition) is 4. The summed E-state index contributed by atoms with van der Waals surface area (Å²) in [4.78, 5) is 24.7. The third-order valence-corrected chi connectivity index (χ3v) is 5.04. The van der Waals surface area contributed by atoms with E-state index in [1.54, 1.807) is 6.07 Å². The molecule has 0 N–H and O–H groups in total. The van der Waals surface area contributed by atoms with E-state index in [4.69, 9.17) is 16.3 Å². The zero-order valence-corrected chi connectivity index (χ0v) is 15.1. The van der Waals surface area contributed by atoms with E-state index >= 15 is 0 Å². The summed E-state index contributed by atoms with van der Waals surface area (Å²) >= 11 is 7.56. The number of carbonyl (C=O) groups excluding carboxylic acids is 2. The van der Waals surface area contributed by atoms with Crippen molar-refractivity contribution >= 4 is 45.9 Å². The molecule has 0 radical (unpaired) electrons. The lowest BCUT2D eigenvalue weighted by Crippen LogP contribution is -2.15. The van der Waals surface area contributed by atoms with Crippen molar-refractivity contribution in [2.45, 2.75) is 4.90 Å². The van der Waals surface area contributed by atoms with Crippen molar-refractivity contribution in [3.63, 3.8) is 0 Å². The van der Waals surface area contributed by atoms with Crippen LogP contribution in [0.2, 0.25) is 5.02 Å². The van der Waals surface area contributed by atoms with Crippen LogP contribution in [0.5, 0.6) is 0 Å². The summed E-state index contributed by atoms with van der Waals surface area (Å²) in [6.07, 6.45) is 0. The molecule has 0 atom stereocenters. The maximum absolute atomic E-state index is 12.9. The van der Waals surface area contributed by atoms with Crippen LogP contribution < -0.4 is 0 Å². The normalized spacial score (nSPS) is 10.7. The third kappa shape index (κ3) is 4.42. The van der Waals surface area contributed by atoms with Gasteiger partial charge in [-0.25, -0.2) is 4.39 Å². The van der Waals surface area contributed by atoms with Crippen LogP contribution in [-0.2, 0) is 9.53 Å². The average molecular weight is 389 g/mol. The van der Waals surface area contributed by atoms with E-state index < -0.39 is 11.8 Å². The van der Waals surface area contributed by atoms with E-state index in [9.17, 15) is 14.0 Å². The molecule has 0 saturated carbocycles. The van der Waals surface area contributed by atoms with Gasteiger partial charge in [0.05, 0.1) is 5.75 Å². The Hall–Kier alpha value is -2.37. The van der Waals surface area contributed by atoms with E-state index in [1.165, 1.54) is 36.0 Å². The third-order valence-electron chi connectivity index (χ3n) is 3.69. The number of ketones is 1. The predicted molar refractivity (Wildman–Crippen MR) is 101 cm³/mol. The lowest BCUT2D eigenvalue weighted by molar-refractivity contribution is -0.139. The number of Topliss-reactive ketones (excluding diaryl/α,β-unsaturated/α-hetero) is 1. The number of carbonyl (C=O) groups is 2. The summed E-state index contributed by atoms with van der Waals surface area (Å²) in [6.45, 7) is -0.374.